The molecular weight excluding hydrogens is 250 g/mol. The first-order valence-corrected chi connectivity index (χ1v) is 5.56. The number of rotatable bonds is 7. The molecule has 0 bridgehead atoms. The van der Waals surface area contributed by atoms with Crippen molar-refractivity contribution in [2.24, 2.45) is 5.73 Å². The fourth-order valence-electron chi connectivity index (χ4n) is 1.33. The first-order valence-electron chi connectivity index (χ1n) is 5.56. The van der Waals surface area contributed by atoms with Gasteiger partial charge in [0.05, 0.1) is 4.92 Å². The van der Waals surface area contributed by atoms with E-state index in [1.807, 2.05) is 0 Å². The number of nitrogens with two attached hydrogens (primary N) is 1. The van der Waals surface area contributed by atoms with Crippen LogP contribution >= 0.6 is 0 Å². The molecule has 0 spiro atoms. The Hall–Kier alpha value is -2.41. The molecule has 102 valence electrons. The number of nitro benzene ring substituents is 1. The molecule has 7 nitrogen and oxygen atoms in total. The van der Waals surface area contributed by atoms with Gasteiger partial charge in [-0.25, -0.2) is 0 Å². The molecule has 0 aliphatic rings. The van der Waals surface area contributed by atoms with Crippen LogP contribution in [0.3, 0.4) is 0 Å². The third-order valence-corrected chi connectivity index (χ3v) is 2.26. The van der Waals surface area contributed by atoms with Crippen molar-refractivity contribution in [2.45, 2.75) is 6.54 Å². The smallest absolute Gasteiger partial charge is 0.310 e. The second-order valence-corrected chi connectivity index (χ2v) is 3.64. The SMILES string of the molecule is C=CCNC(=O)COc1cc(CN)ccc1[N+](=O)[O-]. The van der Waals surface area contributed by atoms with Gasteiger partial charge >= 0.3 is 5.69 Å². The normalized spacial score (nSPS) is 9.74. The Morgan fingerprint density at radius 1 is 1.58 bits per heavy atom. The molecule has 0 aromatic heterocycles. The molecule has 0 aliphatic carbocycles. The number of benzene rings is 1. The third-order valence-electron chi connectivity index (χ3n) is 2.26. The molecular formula is C12H15N3O4. The van der Waals surface area contributed by atoms with Crippen molar-refractivity contribution >= 4 is 11.6 Å². The molecule has 1 aromatic rings. The molecule has 0 unspecified atom stereocenters. The Bertz CT molecular complexity index is 488. The molecule has 1 aromatic carbocycles. The quantitative estimate of drug-likeness (QED) is 0.429. The zero-order chi connectivity index (χ0) is 14.3. The van der Waals surface area contributed by atoms with Gasteiger partial charge < -0.3 is 15.8 Å². The number of hydrogen-bond donors (Lipinski definition) is 2. The van der Waals surface area contributed by atoms with E-state index < -0.39 is 4.92 Å². The van der Waals surface area contributed by atoms with E-state index in [-0.39, 0.29) is 30.5 Å². The molecule has 1 rings (SSSR count). The Morgan fingerprint density at radius 2 is 2.32 bits per heavy atom. The second kappa shape index (κ2) is 7.12. The average molecular weight is 265 g/mol. The highest BCUT2D eigenvalue weighted by Gasteiger charge is 2.16. The Balaban J connectivity index is 2.77. The van der Waals surface area contributed by atoms with E-state index in [1.54, 1.807) is 6.07 Å². The van der Waals surface area contributed by atoms with Gasteiger partial charge in [0.15, 0.2) is 12.4 Å². The van der Waals surface area contributed by atoms with E-state index in [9.17, 15) is 14.9 Å². The van der Waals surface area contributed by atoms with Crippen LogP contribution < -0.4 is 15.8 Å². The maximum atomic E-state index is 11.3. The lowest BCUT2D eigenvalue weighted by Crippen LogP contribution is -2.28. The summed E-state index contributed by atoms with van der Waals surface area (Å²) in [6.07, 6.45) is 1.52. The monoisotopic (exact) mass is 265 g/mol. The van der Waals surface area contributed by atoms with Crippen LogP contribution in [0.2, 0.25) is 0 Å². The number of nitrogens with one attached hydrogen (secondary N) is 1. The van der Waals surface area contributed by atoms with Crippen LogP contribution in [-0.2, 0) is 11.3 Å². The second-order valence-electron chi connectivity index (χ2n) is 3.64. The predicted molar refractivity (Wildman–Crippen MR) is 69.7 cm³/mol. The molecule has 0 aliphatic heterocycles. The van der Waals surface area contributed by atoms with Crippen molar-refractivity contribution in [3.63, 3.8) is 0 Å². The van der Waals surface area contributed by atoms with Crippen molar-refractivity contribution in [2.75, 3.05) is 13.2 Å². The lowest BCUT2D eigenvalue weighted by atomic mass is 10.2. The molecule has 19 heavy (non-hydrogen) atoms. The van der Waals surface area contributed by atoms with Gasteiger partial charge in [-0.2, -0.15) is 0 Å². The molecule has 0 saturated carbocycles. The number of carbonyl (C=O) groups is 1. The molecule has 7 heteroatoms. The maximum absolute atomic E-state index is 11.3. The summed E-state index contributed by atoms with van der Waals surface area (Å²) in [6.45, 7) is 3.70. The largest absolute Gasteiger partial charge is 0.477 e. The summed E-state index contributed by atoms with van der Waals surface area (Å²) in [6, 6.07) is 4.31. The zero-order valence-electron chi connectivity index (χ0n) is 10.3. The summed E-state index contributed by atoms with van der Waals surface area (Å²) >= 11 is 0. The lowest BCUT2D eigenvalue weighted by molar-refractivity contribution is -0.385. The standard InChI is InChI=1S/C12H15N3O4/c1-2-5-14-12(16)8-19-11-6-9(7-13)3-4-10(11)15(17)18/h2-4,6H,1,5,7-8,13H2,(H,14,16). The number of nitro groups is 1. The number of nitrogens with zero attached hydrogens (tertiary/aromatic N) is 1. The number of amides is 1. The van der Waals surface area contributed by atoms with Gasteiger partial charge in [0.1, 0.15) is 0 Å². The number of carbonyl (C=O) groups excluding carboxylic acids is 1. The lowest BCUT2D eigenvalue weighted by Gasteiger charge is -2.08. The molecule has 0 heterocycles. The van der Waals surface area contributed by atoms with Crippen LogP contribution in [-0.4, -0.2) is 24.0 Å². The first-order chi connectivity index (χ1) is 9.08. The number of ether oxygens (including phenoxy) is 1. The predicted octanol–water partition coefficient (Wildman–Crippen LogP) is 0.734. The van der Waals surface area contributed by atoms with E-state index in [0.717, 1.165) is 0 Å². The van der Waals surface area contributed by atoms with Crippen LogP contribution in [0, 0.1) is 10.1 Å². The van der Waals surface area contributed by atoms with Gasteiger partial charge in [-0.1, -0.05) is 12.1 Å². The Labute approximate surface area is 110 Å². The zero-order valence-corrected chi connectivity index (χ0v) is 10.3. The molecule has 3 N–H and O–H groups in total. The summed E-state index contributed by atoms with van der Waals surface area (Å²) in [4.78, 5) is 21.6. The minimum atomic E-state index is -0.572. The van der Waals surface area contributed by atoms with Crippen molar-refractivity contribution in [1.29, 1.82) is 0 Å². The van der Waals surface area contributed by atoms with Crippen LogP contribution in [0.4, 0.5) is 5.69 Å². The van der Waals surface area contributed by atoms with Gasteiger partial charge in [-0.15, -0.1) is 6.58 Å². The van der Waals surface area contributed by atoms with E-state index in [4.69, 9.17) is 10.5 Å². The van der Waals surface area contributed by atoms with E-state index >= 15 is 0 Å². The Kier molecular flexibility index (Phi) is 5.49. The topological polar surface area (TPSA) is 107 Å². The highest BCUT2D eigenvalue weighted by molar-refractivity contribution is 5.77. The molecule has 0 radical (unpaired) electrons. The van der Waals surface area contributed by atoms with Crippen molar-refractivity contribution in [3.05, 3.63) is 46.5 Å². The molecule has 0 fully saturated rings. The summed E-state index contributed by atoms with van der Waals surface area (Å²) in [5.41, 5.74) is 5.94. The third kappa shape index (κ3) is 4.40. The van der Waals surface area contributed by atoms with Gasteiger partial charge in [0.25, 0.3) is 5.91 Å². The minimum Gasteiger partial charge on any atom is -0.477 e. The summed E-state index contributed by atoms with van der Waals surface area (Å²) < 4.78 is 5.16. The maximum Gasteiger partial charge on any atom is 0.310 e. The van der Waals surface area contributed by atoms with Gasteiger partial charge in [0.2, 0.25) is 0 Å². The molecule has 1 amide bonds. The van der Waals surface area contributed by atoms with Crippen molar-refractivity contribution in [3.8, 4) is 5.75 Å². The van der Waals surface area contributed by atoms with Crippen LogP contribution in [0.15, 0.2) is 30.9 Å². The van der Waals surface area contributed by atoms with E-state index in [0.29, 0.717) is 12.1 Å². The van der Waals surface area contributed by atoms with Gasteiger partial charge in [0, 0.05) is 19.2 Å². The molecule has 0 atom stereocenters. The summed E-state index contributed by atoms with van der Waals surface area (Å²) in [5.74, 6) is -0.353. The molecule has 0 saturated heterocycles. The number of hydrogen-bond acceptors (Lipinski definition) is 5. The van der Waals surface area contributed by atoms with Gasteiger partial charge in [-0.05, 0) is 11.6 Å². The van der Waals surface area contributed by atoms with E-state index in [2.05, 4.69) is 11.9 Å². The minimum absolute atomic E-state index is 0.0294. The average Bonchev–Trinajstić information content (AvgIpc) is 2.42. The van der Waals surface area contributed by atoms with Crippen LogP contribution in [0.5, 0.6) is 5.75 Å². The highest BCUT2D eigenvalue weighted by atomic mass is 16.6. The van der Waals surface area contributed by atoms with Gasteiger partial charge in [-0.3, -0.25) is 14.9 Å². The summed E-state index contributed by atoms with van der Waals surface area (Å²) in [7, 11) is 0. The first kappa shape index (κ1) is 14.7. The van der Waals surface area contributed by atoms with E-state index in [1.165, 1.54) is 18.2 Å². The Morgan fingerprint density at radius 3 is 2.89 bits per heavy atom. The van der Waals surface area contributed by atoms with Crippen molar-refractivity contribution in [1.82, 2.24) is 5.32 Å². The highest BCUT2D eigenvalue weighted by Crippen LogP contribution is 2.27. The fraction of sp³-hybridized carbons (Fsp3) is 0.250. The van der Waals surface area contributed by atoms with Crippen LogP contribution in [0.1, 0.15) is 5.56 Å². The van der Waals surface area contributed by atoms with Crippen molar-refractivity contribution < 1.29 is 14.5 Å². The fourth-order valence-corrected chi connectivity index (χ4v) is 1.33. The van der Waals surface area contributed by atoms with Crippen LogP contribution in [0.25, 0.3) is 0 Å². The summed E-state index contributed by atoms with van der Waals surface area (Å²) in [5, 5.41) is 13.3.